The first-order valence-electron chi connectivity index (χ1n) is 10.5. The number of aromatic nitrogens is 2. The molecule has 6 nitrogen and oxygen atoms in total. The summed E-state index contributed by atoms with van der Waals surface area (Å²) < 4.78 is 0. The van der Waals surface area contributed by atoms with E-state index in [-0.39, 0.29) is 29.1 Å². The van der Waals surface area contributed by atoms with Crippen molar-refractivity contribution >= 4 is 28.3 Å². The minimum atomic E-state index is -0.620. The molecule has 1 heterocycles. The van der Waals surface area contributed by atoms with E-state index in [4.69, 9.17) is 0 Å². The van der Waals surface area contributed by atoms with E-state index < -0.39 is 6.04 Å². The molecule has 2 amide bonds. The van der Waals surface area contributed by atoms with Crippen molar-refractivity contribution in [3.8, 4) is 10.6 Å². The van der Waals surface area contributed by atoms with Gasteiger partial charge in [0.15, 0.2) is 0 Å². The number of aryl methyl sites for hydroxylation is 1. The minimum absolute atomic E-state index is 0.0453. The third-order valence-corrected chi connectivity index (χ3v) is 5.57. The number of rotatable bonds is 8. The van der Waals surface area contributed by atoms with Crippen LogP contribution in [0.1, 0.15) is 59.9 Å². The lowest BCUT2D eigenvalue weighted by molar-refractivity contribution is -0.128. The van der Waals surface area contributed by atoms with Crippen LogP contribution in [0.15, 0.2) is 24.3 Å². The molecule has 0 spiro atoms. The molecular weight excluding hydrogens is 396 g/mol. The van der Waals surface area contributed by atoms with Crippen LogP contribution in [0.3, 0.4) is 0 Å². The summed E-state index contributed by atoms with van der Waals surface area (Å²) >= 11 is 1.32. The fourth-order valence-electron chi connectivity index (χ4n) is 3.55. The zero-order valence-electron chi connectivity index (χ0n) is 19.1. The highest BCUT2D eigenvalue weighted by atomic mass is 32.1. The lowest BCUT2D eigenvalue weighted by atomic mass is 9.84. The van der Waals surface area contributed by atoms with Gasteiger partial charge in [0.2, 0.25) is 16.9 Å². The number of anilines is 1. The van der Waals surface area contributed by atoms with E-state index in [9.17, 15) is 9.59 Å². The lowest BCUT2D eigenvalue weighted by Crippen LogP contribution is -2.47. The summed E-state index contributed by atoms with van der Waals surface area (Å²) in [7, 11) is 0. The Balaban J connectivity index is 2.00. The predicted molar refractivity (Wildman–Crippen MR) is 123 cm³/mol. The quantitative estimate of drug-likeness (QED) is 0.613. The largest absolute Gasteiger partial charge is 0.344 e. The summed E-state index contributed by atoms with van der Waals surface area (Å²) in [4.78, 5) is 25.3. The Morgan fingerprint density at radius 3 is 2.43 bits per heavy atom. The number of nitrogens with zero attached hydrogens (tertiary/aromatic N) is 2. The Hall–Kier alpha value is -2.28. The highest BCUT2D eigenvalue weighted by Gasteiger charge is 2.26. The predicted octanol–water partition coefficient (Wildman–Crippen LogP) is 5.06. The lowest BCUT2D eigenvalue weighted by Gasteiger charge is -2.25. The number of nitrogens with one attached hydrogen (secondary N) is 2. The monoisotopic (exact) mass is 430 g/mol. The van der Waals surface area contributed by atoms with Crippen LogP contribution in [0, 0.1) is 24.2 Å². The Labute approximate surface area is 183 Å². The van der Waals surface area contributed by atoms with Gasteiger partial charge in [0.1, 0.15) is 11.0 Å². The molecule has 164 valence electrons. The second kappa shape index (κ2) is 10.2. The summed E-state index contributed by atoms with van der Waals surface area (Å²) in [6.07, 6.45) is 1.36. The van der Waals surface area contributed by atoms with E-state index in [1.54, 1.807) is 0 Å². The van der Waals surface area contributed by atoms with Crippen LogP contribution in [-0.4, -0.2) is 28.1 Å². The molecule has 0 aliphatic heterocycles. The van der Waals surface area contributed by atoms with Crippen LogP contribution in [0.5, 0.6) is 0 Å². The molecule has 2 N–H and O–H groups in total. The zero-order chi connectivity index (χ0) is 22.5. The van der Waals surface area contributed by atoms with Gasteiger partial charge in [-0.3, -0.25) is 14.9 Å². The fraction of sp³-hybridized carbons (Fsp3) is 0.565. The molecule has 0 aliphatic rings. The topological polar surface area (TPSA) is 84.0 Å². The molecule has 2 rings (SSSR count). The second-order valence-electron chi connectivity index (χ2n) is 9.63. The van der Waals surface area contributed by atoms with Gasteiger partial charge in [0.25, 0.3) is 0 Å². The van der Waals surface area contributed by atoms with E-state index >= 15 is 0 Å². The van der Waals surface area contributed by atoms with Gasteiger partial charge in [0, 0.05) is 12.0 Å². The van der Waals surface area contributed by atoms with Crippen LogP contribution >= 0.6 is 11.3 Å². The number of hydrogen-bond acceptors (Lipinski definition) is 5. The van der Waals surface area contributed by atoms with Crippen LogP contribution in [0.2, 0.25) is 0 Å². The molecule has 30 heavy (non-hydrogen) atoms. The molecule has 2 unspecified atom stereocenters. The maximum absolute atomic E-state index is 12.8. The van der Waals surface area contributed by atoms with Gasteiger partial charge in [-0.05, 0) is 36.7 Å². The number of carbonyl (C=O) groups excluding carboxylic acids is 2. The molecule has 0 bridgehead atoms. The van der Waals surface area contributed by atoms with Gasteiger partial charge >= 0.3 is 0 Å². The Morgan fingerprint density at radius 1 is 1.13 bits per heavy atom. The summed E-state index contributed by atoms with van der Waals surface area (Å²) in [6, 6.07) is 7.36. The first kappa shape index (κ1) is 24.0. The maximum Gasteiger partial charge on any atom is 0.249 e. The number of amides is 2. The van der Waals surface area contributed by atoms with Crippen LogP contribution < -0.4 is 10.6 Å². The van der Waals surface area contributed by atoms with E-state index in [2.05, 4.69) is 48.5 Å². The normalized spacial score (nSPS) is 13.7. The molecule has 7 heteroatoms. The van der Waals surface area contributed by atoms with Gasteiger partial charge in [-0.1, -0.05) is 76.6 Å². The molecule has 0 fully saturated rings. The first-order valence-corrected chi connectivity index (χ1v) is 11.3. The summed E-state index contributed by atoms with van der Waals surface area (Å²) in [5, 5.41) is 15.2. The molecular formula is C23H34N4O2S. The Bertz CT molecular complexity index is 870. The van der Waals surface area contributed by atoms with Gasteiger partial charge < -0.3 is 5.32 Å². The molecule has 0 radical (unpaired) electrons. The van der Waals surface area contributed by atoms with Crippen LogP contribution in [0.25, 0.3) is 10.6 Å². The number of carbonyl (C=O) groups is 2. The van der Waals surface area contributed by atoms with Gasteiger partial charge in [-0.2, -0.15) is 0 Å². The SMILES string of the molecule is Cc1cccc(-c2nnc(NC(=O)C(NC(=O)CC(C)CC(C)(C)C)C(C)C)s2)c1. The fourth-order valence-corrected chi connectivity index (χ4v) is 4.30. The van der Waals surface area contributed by atoms with Crippen molar-refractivity contribution in [3.63, 3.8) is 0 Å². The van der Waals surface area contributed by atoms with E-state index in [1.807, 2.05) is 45.0 Å². The summed E-state index contributed by atoms with van der Waals surface area (Å²) in [5.41, 5.74) is 2.27. The molecule has 0 saturated heterocycles. The summed E-state index contributed by atoms with van der Waals surface area (Å²) in [5.74, 6) is -0.163. The van der Waals surface area contributed by atoms with Crippen molar-refractivity contribution in [2.75, 3.05) is 5.32 Å². The molecule has 1 aromatic carbocycles. The molecule has 0 aliphatic carbocycles. The molecule has 2 atom stereocenters. The average molecular weight is 431 g/mol. The standard InChI is InChI=1S/C23H34N4O2S/c1-14(2)19(24-18(28)12-16(4)13-23(5,6)7)20(29)25-22-27-26-21(30-22)17-10-8-9-15(3)11-17/h8-11,14,16,19H,12-13H2,1-7H3,(H,24,28)(H,25,27,29). The maximum atomic E-state index is 12.8. The van der Waals surface area contributed by atoms with Crippen molar-refractivity contribution in [1.82, 2.24) is 15.5 Å². The summed E-state index contributed by atoms with van der Waals surface area (Å²) in [6.45, 7) is 14.4. The van der Waals surface area contributed by atoms with Crippen molar-refractivity contribution < 1.29 is 9.59 Å². The Morgan fingerprint density at radius 2 is 1.83 bits per heavy atom. The molecule has 1 aromatic heterocycles. The van der Waals surface area contributed by atoms with Crippen molar-refractivity contribution in [2.24, 2.45) is 17.3 Å². The molecule has 0 saturated carbocycles. The molecule has 2 aromatic rings. The highest BCUT2D eigenvalue weighted by Crippen LogP contribution is 2.27. The number of benzene rings is 1. The zero-order valence-corrected chi connectivity index (χ0v) is 19.9. The smallest absolute Gasteiger partial charge is 0.249 e. The third-order valence-electron chi connectivity index (χ3n) is 4.68. The van der Waals surface area contributed by atoms with Crippen LogP contribution in [-0.2, 0) is 9.59 Å². The van der Waals surface area contributed by atoms with Gasteiger partial charge in [-0.25, -0.2) is 0 Å². The second-order valence-corrected chi connectivity index (χ2v) is 10.6. The van der Waals surface area contributed by atoms with Crippen LogP contribution in [0.4, 0.5) is 5.13 Å². The minimum Gasteiger partial charge on any atom is -0.344 e. The average Bonchev–Trinajstić information content (AvgIpc) is 3.06. The van der Waals surface area contributed by atoms with Crippen molar-refractivity contribution in [1.29, 1.82) is 0 Å². The van der Waals surface area contributed by atoms with Gasteiger partial charge in [-0.15, -0.1) is 10.2 Å². The Kier molecular flexibility index (Phi) is 8.12. The van der Waals surface area contributed by atoms with Crippen molar-refractivity contribution in [2.45, 2.75) is 67.3 Å². The van der Waals surface area contributed by atoms with Crippen molar-refractivity contribution in [3.05, 3.63) is 29.8 Å². The first-order chi connectivity index (χ1) is 13.9. The van der Waals surface area contributed by atoms with E-state index in [1.165, 1.54) is 11.3 Å². The third kappa shape index (κ3) is 7.52. The highest BCUT2D eigenvalue weighted by molar-refractivity contribution is 7.18. The van der Waals surface area contributed by atoms with E-state index in [0.29, 0.717) is 11.6 Å². The van der Waals surface area contributed by atoms with Gasteiger partial charge in [0.05, 0.1) is 0 Å². The van der Waals surface area contributed by atoms with E-state index in [0.717, 1.165) is 22.6 Å². The number of hydrogen-bond donors (Lipinski definition) is 2.